The van der Waals surface area contributed by atoms with E-state index >= 15 is 0 Å². The van der Waals surface area contributed by atoms with Gasteiger partial charge in [0.15, 0.2) is 0 Å². The molecule has 0 aromatic rings. The van der Waals surface area contributed by atoms with E-state index in [2.05, 4.69) is 34.6 Å². The highest BCUT2D eigenvalue weighted by atomic mass is 16.3. The van der Waals surface area contributed by atoms with Crippen molar-refractivity contribution in [2.45, 2.75) is 124 Å². The van der Waals surface area contributed by atoms with Gasteiger partial charge in [-0.2, -0.15) is 0 Å². The summed E-state index contributed by atoms with van der Waals surface area (Å²) in [7, 11) is 0. The second-order valence-electron chi connectivity index (χ2n) is 12.6. The first-order valence-corrected chi connectivity index (χ1v) is 12.9. The zero-order valence-electron chi connectivity index (χ0n) is 19.6. The molecule has 4 aliphatic carbocycles. The molecule has 1 N–H and O–H groups in total. The van der Waals surface area contributed by atoms with Crippen molar-refractivity contribution in [2.75, 3.05) is 0 Å². The van der Waals surface area contributed by atoms with Gasteiger partial charge in [-0.05, 0) is 97.7 Å². The molecule has 1 nitrogen and oxygen atoms in total. The van der Waals surface area contributed by atoms with E-state index in [9.17, 15) is 5.11 Å². The largest absolute Gasteiger partial charge is 0.389 e. The fraction of sp³-hybridized carbons (Fsp3) is 1.00. The Labute approximate surface area is 175 Å². The molecule has 162 valence electrons. The van der Waals surface area contributed by atoms with Gasteiger partial charge in [-0.3, -0.25) is 0 Å². The SMILES string of the molecule is CC(C)CCC[C@@H](C)[C@H]1CC[C@@H]2[C@]1(C)CC[C@H]1[C@@]2(O)CCC2CCCC[C@@]21C. The Kier molecular flexibility index (Phi) is 5.74. The van der Waals surface area contributed by atoms with Gasteiger partial charge in [0, 0.05) is 0 Å². The van der Waals surface area contributed by atoms with Gasteiger partial charge in [0.2, 0.25) is 0 Å². The van der Waals surface area contributed by atoms with Crippen molar-refractivity contribution in [3.63, 3.8) is 0 Å². The molecule has 4 rings (SSSR count). The lowest BCUT2D eigenvalue weighted by Crippen LogP contribution is -2.63. The van der Waals surface area contributed by atoms with Gasteiger partial charge in [0.05, 0.1) is 5.60 Å². The Balaban J connectivity index is 1.52. The highest BCUT2D eigenvalue weighted by Gasteiger charge is 2.66. The lowest BCUT2D eigenvalue weighted by Gasteiger charge is -2.64. The molecule has 0 bridgehead atoms. The van der Waals surface area contributed by atoms with Crippen LogP contribution in [0.3, 0.4) is 0 Å². The molecule has 0 aromatic heterocycles. The van der Waals surface area contributed by atoms with Crippen LogP contribution in [0.1, 0.15) is 118 Å². The molecule has 1 unspecified atom stereocenters. The molecule has 28 heavy (non-hydrogen) atoms. The average Bonchev–Trinajstić information content (AvgIpc) is 2.99. The van der Waals surface area contributed by atoms with Crippen molar-refractivity contribution in [1.29, 1.82) is 0 Å². The van der Waals surface area contributed by atoms with Gasteiger partial charge in [-0.1, -0.05) is 66.7 Å². The predicted molar refractivity (Wildman–Crippen MR) is 119 cm³/mol. The second kappa shape index (κ2) is 7.58. The topological polar surface area (TPSA) is 20.2 Å². The van der Waals surface area contributed by atoms with Crippen LogP contribution in [0, 0.1) is 46.3 Å². The number of hydrogen-bond donors (Lipinski definition) is 1. The third-order valence-corrected chi connectivity index (χ3v) is 10.9. The van der Waals surface area contributed by atoms with Crippen molar-refractivity contribution in [1.82, 2.24) is 0 Å². The first-order chi connectivity index (χ1) is 13.2. The first-order valence-electron chi connectivity index (χ1n) is 12.9. The van der Waals surface area contributed by atoms with E-state index in [1.54, 1.807) is 0 Å². The highest BCUT2D eigenvalue weighted by Crippen LogP contribution is 2.69. The van der Waals surface area contributed by atoms with E-state index in [1.807, 2.05) is 0 Å². The Bertz CT molecular complexity index is 554. The first kappa shape index (κ1) is 21.2. The third kappa shape index (κ3) is 3.21. The lowest BCUT2D eigenvalue weighted by atomic mass is 9.42. The summed E-state index contributed by atoms with van der Waals surface area (Å²) < 4.78 is 0. The standard InChI is InChI=1S/C27H48O/c1-19(2)9-8-10-20(3)22-12-13-23-26(22,5)17-15-24-25(4)16-7-6-11-21(25)14-18-27(23,24)28/h19-24,28H,6-18H2,1-5H3/t20-,21?,22-,23-,24-,25+,26-,27-/m1/s1. The fourth-order valence-electron chi connectivity index (χ4n) is 9.39. The molecule has 0 amide bonds. The molecule has 0 spiro atoms. The van der Waals surface area contributed by atoms with Crippen LogP contribution in [0.5, 0.6) is 0 Å². The van der Waals surface area contributed by atoms with Crippen molar-refractivity contribution < 1.29 is 5.11 Å². The molecule has 0 heterocycles. The van der Waals surface area contributed by atoms with Crippen LogP contribution in [-0.4, -0.2) is 10.7 Å². The zero-order chi connectivity index (χ0) is 20.2. The maximum absolute atomic E-state index is 12.3. The molecule has 0 radical (unpaired) electrons. The number of fused-ring (bicyclic) bond motifs is 5. The molecule has 0 aromatic carbocycles. The van der Waals surface area contributed by atoms with Gasteiger partial charge < -0.3 is 5.11 Å². The van der Waals surface area contributed by atoms with Crippen LogP contribution < -0.4 is 0 Å². The molecule has 0 saturated heterocycles. The minimum Gasteiger partial charge on any atom is -0.389 e. The number of rotatable bonds is 5. The maximum atomic E-state index is 12.3. The third-order valence-electron chi connectivity index (χ3n) is 10.9. The van der Waals surface area contributed by atoms with Gasteiger partial charge in [-0.15, -0.1) is 0 Å². The van der Waals surface area contributed by atoms with Gasteiger partial charge in [-0.25, -0.2) is 0 Å². The van der Waals surface area contributed by atoms with Gasteiger partial charge in [0.1, 0.15) is 0 Å². The van der Waals surface area contributed by atoms with E-state index in [0.29, 0.717) is 22.7 Å². The number of aliphatic hydroxyl groups is 1. The summed E-state index contributed by atoms with van der Waals surface area (Å²) in [5.74, 6) is 4.54. The molecule has 0 aliphatic heterocycles. The summed E-state index contributed by atoms with van der Waals surface area (Å²) >= 11 is 0. The Morgan fingerprint density at radius 2 is 1.54 bits per heavy atom. The summed E-state index contributed by atoms with van der Waals surface area (Å²) in [6, 6.07) is 0. The molecular weight excluding hydrogens is 340 g/mol. The van der Waals surface area contributed by atoms with Crippen molar-refractivity contribution >= 4 is 0 Å². The molecule has 1 heteroatoms. The number of hydrogen-bond acceptors (Lipinski definition) is 1. The Morgan fingerprint density at radius 1 is 0.786 bits per heavy atom. The van der Waals surface area contributed by atoms with Gasteiger partial charge >= 0.3 is 0 Å². The summed E-state index contributed by atoms with van der Waals surface area (Å²) in [4.78, 5) is 0. The monoisotopic (exact) mass is 388 g/mol. The van der Waals surface area contributed by atoms with Gasteiger partial charge in [0.25, 0.3) is 0 Å². The van der Waals surface area contributed by atoms with E-state index in [-0.39, 0.29) is 5.60 Å². The average molecular weight is 389 g/mol. The summed E-state index contributed by atoms with van der Waals surface area (Å²) in [6.45, 7) is 12.4. The molecule has 4 aliphatic rings. The molecule has 4 fully saturated rings. The summed E-state index contributed by atoms with van der Waals surface area (Å²) in [6.07, 6.45) is 17.6. The molecule has 8 atom stereocenters. The van der Waals surface area contributed by atoms with Crippen molar-refractivity contribution in [3.05, 3.63) is 0 Å². The van der Waals surface area contributed by atoms with Crippen LogP contribution in [0.15, 0.2) is 0 Å². The summed E-state index contributed by atoms with van der Waals surface area (Å²) in [5, 5.41) is 12.3. The van der Waals surface area contributed by atoms with Crippen LogP contribution in [0.2, 0.25) is 0 Å². The highest BCUT2D eigenvalue weighted by molar-refractivity contribution is 5.16. The Hall–Kier alpha value is -0.0400. The van der Waals surface area contributed by atoms with E-state index < -0.39 is 0 Å². The maximum Gasteiger partial charge on any atom is 0.0714 e. The second-order valence-corrected chi connectivity index (χ2v) is 12.6. The van der Waals surface area contributed by atoms with Crippen LogP contribution in [0.4, 0.5) is 0 Å². The lowest BCUT2D eigenvalue weighted by molar-refractivity contribution is -0.222. The van der Waals surface area contributed by atoms with E-state index in [1.165, 1.54) is 77.0 Å². The molecular formula is C27H48O. The predicted octanol–water partition coefficient (Wildman–Crippen LogP) is 7.61. The normalized spacial score (nSPS) is 49.4. The zero-order valence-corrected chi connectivity index (χ0v) is 19.6. The van der Waals surface area contributed by atoms with Crippen molar-refractivity contribution in [2.24, 2.45) is 46.3 Å². The van der Waals surface area contributed by atoms with Crippen LogP contribution in [0.25, 0.3) is 0 Å². The minimum atomic E-state index is -0.359. The molecule has 4 saturated carbocycles. The van der Waals surface area contributed by atoms with E-state index in [0.717, 1.165) is 30.1 Å². The minimum absolute atomic E-state index is 0.359. The summed E-state index contributed by atoms with van der Waals surface area (Å²) in [5.41, 5.74) is 0.454. The van der Waals surface area contributed by atoms with E-state index in [4.69, 9.17) is 0 Å². The van der Waals surface area contributed by atoms with Crippen molar-refractivity contribution in [3.8, 4) is 0 Å². The fourth-order valence-corrected chi connectivity index (χ4v) is 9.39. The Morgan fingerprint density at radius 3 is 2.29 bits per heavy atom. The van der Waals surface area contributed by atoms with Crippen LogP contribution >= 0.6 is 0 Å². The smallest absolute Gasteiger partial charge is 0.0714 e. The quantitative estimate of drug-likeness (QED) is 0.513. The van der Waals surface area contributed by atoms with Crippen LogP contribution in [-0.2, 0) is 0 Å².